The van der Waals surface area contributed by atoms with Gasteiger partial charge in [-0.3, -0.25) is 10.1 Å². The SMILES string of the molecule is O=[N+]([O-])[C@@H]1[C@@H](O[C@H]2COC[C@@H](O)C2)O[C@@H](CO)C[C@H]1O. The van der Waals surface area contributed by atoms with E-state index in [0.717, 1.165) is 0 Å². The molecule has 0 aromatic carbocycles. The van der Waals surface area contributed by atoms with Gasteiger partial charge in [0.25, 0.3) is 6.04 Å². The summed E-state index contributed by atoms with van der Waals surface area (Å²) in [6.07, 6.45) is -4.21. The highest BCUT2D eigenvalue weighted by molar-refractivity contribution is 4.83. The van der Waals surface area contributed by atoms with Crippen LogP contribution in [-0.2, 0) is 14.2 Å². The van der Waals surface area contributed by atoms with E-state index in [4.69, 9.17) is 19.3 Å². The van der Waals surface area contributed by atoms with Crippen molar-refractivity contribution >= 4 is 0 Å². The van der Waals surface area contributed by atoms with E-state index in [9.17, 15) is 20.3 Å². The third-order valence-corrected chi connectivity index (χ3v) is 3.43. The van der Waals surface area contributed by atoms with Crippen molar-refractivity contribution in [2.45, 2.75) is 49.6 Å². The Bertz CT molecular complexity index is 340. The second-order valence-electron chi connectivity index (χ2n) is 5.07. The van der Waals surface area contributed by atoms with Crippen LogP contribution in [0.5, 0.6) is 0 Å². The minimum absolute atomic E-state index is 0.0220. The quantitative estimate of drug-likeness (QED) is 0.411. The van der Waals surface area contributed by atoms with E-state index in [1.54, 1.807) is 0 Å². The highest BCUT2D eigenvalue weighted by Gasteiger charge is 2.47. The van der Waals surface area contributed by atoms with Crippen LogP contribution in [0.15, 0.2) is 0 Å². The second-order valence-corrected chi connectivity index (χ2v) is 5.07. The van der Waals surface area contributed by atoms with E-state index in [1.807, 2.05) is 0 Å². The van der Waals surface area contributed by atoms with Gasteiger partial charge in [0.2, 0.25) is 6.29 Å². The van der Waals surface area contributed by atoms with E-state index in [0.29, 0.717) is 0 Å². The summed E-state index contributed by atoms with van der Waals surface area (Å²) in [6.45, 7) is 0.0400. The first-order valence-electron chi connectivity index (χ1n) is 6.50. The summed E-state index contributed by atoms with van der Waals surface area (Å²) in [6, 6.07) is -1.42. The van der Waals surface area contributed by atoms with Crippen LogP contribution in [-0.4, -0.2) is 76.8 Å². The maximum Gasteiger partial charge on any atom is 0.288 e. The van der Waals surface area contributed by atoms with E-state index < -0.39 is 41.7 Å². The predicted molar refractivity (Wildman–Crippen MR) is 63.5 cm³/mol. The van der Waals surface area contributed by atoms with Gasteiger partial charge in [-0.25, -0.2) is 0 Å². The molecule has 116 valence electrons. The average molecular weight is 293 g/mol. The topological polar surface area (TPSA) is 132 Å². The van der Waals surface area contributed by atoms with Crippen molar-refractivity contribution in [2.75, 3.05) is 19.8 Å². The zero-order valence-corrected chi connectivity index (χ0v) is 10.8. The van der Waals surface area contributed by atoms with Crippen LogP contribution in [0.4, 0.5) is 0 Å². The summed E-state index contributed by atoms with van der Waals surface area (Å²) >= 11 is 0. The molecule has 3 N–H and O–H groups in total. The maximum absolute atomic E-state index is 11.0. The van der Waals surface area contributed by atoms with Crippen LogP contribution in [0.1, 0.15) is 12.8 Å². The van der Waals surface area contributed by atoms with Crippen molar-refractivity contribution in [3.8, 4) is 0 Å². The van der Waals surface area contributed by atoms with E-state index >= 15 is 0 Å². The van der Waals surface area contributed by atoms with Gasteiger partial charge in [-0.1, -0.05) is 0 Å². The van der Waals surface area contributed by atoms with Crippen LogP contribution in [0, 0.1) is 10.1 Å². The molecule has 20 heavy (non-hydrogen) atoms. The minimum atomic E-state index is -1.42. The molecule has 0 aliphatic carbocycles. The lowest BCUT2D eigenvalue weighted by molar-refractivity contribution is -0.571. The predicted octanol–water partition coefficient (Wildman–Crippen LogP) is -1.73. The molecule has 2 heterocycles. The molecular weight excluding hydrogens is 274 g/mol. The van der Waals surface area contributed by atoms with Gasteiger partial charge in [0, 0.05) is 17.8 Å². The van der Waals surface area contributed by atoms with E-state index in [-0.39, 0.29) is 32.7 Å². The van der Waals surface area contributed by atoms with Crippen molar-refractivity contribution in [3.63, 3.8) is 0 Å². The molecule has 2 aliphatic rings. The van der Waals surface area contributed by atoms with Gasteiger partial charge in [-0.05, 0) is 0 Å². The Labute approximate surface area is 115 Å². The van der Waals surface area contributed by atoms with E-state index in [2.05, 4.69) is 0 Å². The Morgan fingerprint density at radius 2 is 2.05 bits per heavy atom. The molecule has 2 rings (SSSR count). The lowest BCUT2D eigenvalue weighted by atomic mass is 10.0. The number of aliphatic hydroxyl groups excluding tert-OH is 3. The van der Waals surface area contributed by atoms with Crippen molar-refractivity contribution in [3.05, 3.63) is 10.1 Å². The third kappa shape index (κ3) is 3.62. The van der Waals surface area contributed by atoms with Gasteiger partial charge in [0.05, 0.1) is 38.1 Å². The fraction of sp³-hybridized carbons (Fsp3) is 1.00. The first-order valence-corrected chi connectivity index (χ1v) is 6.50. The highest BCUT2D eigenvalue weighted by atomic mass is 16.7. The van der Waals surface area contributed by atoms with Crippen LogP contribution in [0.2, 0.25) is 0 Å². The molecule has 0 aromatic rings. The molecule has 0 aromatic heterocycles. The largest absolute Gasteiger partial charge is 0.394 e. The van der Waals surface area contributed by atoms with Gasteiger partial charge in [0.1, 0.15) is 6.10 Å². The number of nitrogens with zero attached hydrogens (tertiary/aromatic N) is 1. The van der Waals surface area contributed by atoms with Crippen molar-refractivity contribution in [2.24, 2.45) is 0 Å². The van der Waals surface area contributed by atoms with Crippen LogP contribution in [0.25, 0.3) is 0 Å². The molecule has 0 bridgehead atoms. The monoisotopic (exact) mass is 293 g/mol. The summed E-state index contributed by atoms with van der Waals surface area (Å²) in [5.41, 5.74) is 0. The first-order chi connectivity index (χ1) is 9.51. The number of rotatable bonds is 4. The summed E-state index contributed by atoms with van der Waals surface area (Å²) in [5, 5.41) is 39.4. The second kappa shape index (κ2) is 6.74. The normalized spacial score (nSPS) is 42.4. The molecule has 2 aliphatic heterocycles. The zero-order valence-electron chi connectivity index (χ0n) is 10.8. The average Bonchev–Trinajstić information content (AvgIpc) is 2.37. The van der Waals surface area contributed by atoms with Crippen molar-refractivity contribution < 1.29 is 34.5 Å². The molecule has 0 amide bonds. The van der Waals surface area contributed by atoms with Gasteiger partial charge in [-0.2, -0.15) is 0 Å². The van der Waals surface area contributed by atoms with Gasteiger partial charge >= 0.3 is 0 Å². The minimum Gasteiger partial charge on any atom is -0.394 e. The molecular formula is C11H19NO8. The first kappa shape index (κ1) is 15.5. The standard InChI is InChI=1S/C11H19NO8/c13-3-7-2-9(15)10(12(16)17)11(19-7)20-8-1-6(14)4-18-5-8/h6-11,13-15H,1-5H2/t6-,7+,8+,9+,10-,11+/m0/s1. The Kier molecular flexibility index (Phi) is 5.24. The van der Waals surface area contributed by atoms with E-state index in [1.165, 1.54) is 0 Å². The number of aliphatic hydroxyl groups is 3. The number of ether oxygens (including phenoxy) is 3. The maximum atomic E-state index is 11.0. The van der Waals surface area contributed by atoms with Crippen molar-refractivity contribution in [1.29, 1.82) is 0 Å². The molecule has 2 fully saturated rings. The lowest BCUT2D eigenvalue weighted by Gasteiger charge is -2.37. The number of hydrogen-bond donors (Lipinski definition) is 3. The van der Waals surface area contributed by atoms with Crippen LogP contribution >= 0.6 is 0 Å². The zero-order chi connectivity index (χ0) is 14.7. The van der Waals surface area contributed by atoms with Gasteiger partial charge in [-0.15, -0.1) is 0 Å². The fourth-order valence-corrected chi connectivity index (χ4v) is 2.45. The summed E-state index contributed by atoms with van der Waals surface area (Å²) in [7, 11) is 0. The molecule has 9 nitrogen and oxygen atoms in total. The molecule has 9 heteroatoms. The summed E-state index contributed by atoms with van der Waals surface area (Å²) in [4.78, 5) is 10.4. The number of hydrogen-bond acceptors (Lipinski definition) is 8. The molecule has 0 unspecified atom stereocenters. The Morgan fingerprint density at radius 1 is 1.30 bits per heavy atom. The Morgan fingerprint density at radius 3 is 2.65 bits per heavy atom. The molecule has 0 radical (unpaired) electrons. The van der Waals surface area contributed by atoms with Crippen molar-refractivity contribution in [1.82, 2.24) is 0 Å². The molecule has 2 saturated heterocycles. The number of nitro groups is 1. The Hall–Kier alpha value is -0.840. The van der Waals surface area contributed by atoms with Gasteiger partial charge < -0.3 is 29.5 Å². The lowest BCUT2D eigenvalue weighted by Crippen LogP contribution is -2.55. The van der Waals surface area contributed by atoms with Gasteiger partial charge in [0.15, 0.2) is 0 Å². The highest BCUT2D eigenvalue weighted by Crippen LogP contribution is 2.25. The molecule has 6 atom stereocenters. The fourth-order valence-electron chi connectivity index (χ4n) is 2.45. The van der Waals surface area contributed by atoms with Crippen LogP contribution < -0.4 is 0 Å². The molecule has 0 saturated carbocycles. The smallest absolute Gasteiger partial charge is 0.288 e. The van der Waals surface area contributed by atoms with Crippen LogP contribution in [0.3, 0.4) is 0 Å². The summed E-state index contributed by atoms with van der Waals surface area (Å²) < 4.78 is 15.9. The summed E-state index contributed by atoms with van der Waals surface area (Å²) in [5.74, 6) is 0. The molecule has 0 spiro atoms. The third-order valence-electron chi connectivity index (χ3n) is 3.43. The Balaban J connectivity index is 2.02.